The Kier molecular flexibility index (Phi) is 3.27. The zero-order valence-electron chi connectivity index (χ0n) is 8.61. The summed E-state index contributed by atoms with van der Waals surface area (Å²) in [7, 11) is 0. The first-order chi connectivity index (χ1) is 7.42. The number of fused-ring (bicyclic) bond motifs is 1. The maximum atomic E-state index is 5.43. The zero-order valence-corrected chi connectivity index (χ0v) is 8.61. The van der Waals surface area contributed by atoms with Crippen LogP contribution in [0.15, 0.2) is 36.5 Å². The normalized spacial score (nSPS) is 10.7. The summed E-state index contributed by atoms with van der Waals surface area (Å²) in [6.07, 6.45) is 1.83. The minimum absolute atomic E-state index is 0.665. The standard InChI is InChI=1S/C12H15N3/c13-6-8-14-9-11-4-1-3-10-5-2-7-15-12(10)11/h1-5,7,14H,6,8-9,13H2. The van der Waals surface area contributed by atoms with Crippen molar-refractivity contribution >= 4 is 10.9 Å². The van der Waals surface area contributed by atoms with Gasteiger partial charge in [0.25, 0.3) is 0 Å². The predicted octanol–water partition coefficient (Wildman–Crippen LogP) is 1.28. The number of benzene rings is 1. The van der Waals surface area contributed by atoms with E-state index in [-0.39, 0.29) is 0 Å². The van der Waals surface area contributed by atoms with Gasteiger partial charge in [0.2, 0.25) is 0 Å². The van der Waals surface area contributed by atoms with Gasteiger partial charge in [-0.2, -0.15) is 0 Å². The molecule has 0 bridgehead atoms. The molecule has 0 aliphatic rings. The quantitative estimate of drug-likeness (QED) is 0.733. The van der Waals surface area contributed by atoms with Crippen molar-refractivity contribution in [3.05, 3.63) is 42.1 Å². The van der Waals surface area contributed by atoms with Crippen LogP contribution in [0.25, 0.3) is 10.9 Å². The Morgan fingerprint density at radius 1 is 1.20 bits per heavy atom. The highest BCUT2D eigenvalue weighted by atomic mass is 14.9. The Morgan fingerprint density at radius 2 is 2.07 bits per heavy atom. The highest BCUT2D eigenvalue weighted by molar-refractivity contribution is 5.81. The molecule has 15 heavy (non-hydrogen) atoms. The summed E-state index contributed by atoms with van der Waals surface area (Å²) in [6, 6.07) is 10.3. The minimum atomic E-state index is 0.665. The van der Waals surface area contributed by atoms with Gasteiger partial charge in [-0.05, 0) is 11.6 Å². The smallest absolute Gasteiger partial charge is 0.0746 e. The molecular weight excluding hydrogens is 186 g/mol. The average Bonchev–Trinajstić information content (AvgIpc) is 2.30. The molecule has 1 aromatic carbocycles. The third-order valence-electron chi connectivity index (χ3n) is 2.35. The second kappa shape index (κ2) is 4.87. The molecule has 2 aromatic rings. The van der Waals surface area contributed by atoms with E-state index in [0.29, 0.717) is 6.54 Å². The van der Waals surface area contributed by atoms with Crippen LogP contribution in [0.3, 0.4) is 0 Å². The summed E-state index contributed by atoms with van der Waals surface area (Å²) in [6.45, 7) is 2.33. The van der Waals surface area contributed by atoms with Crippen LogP contribution in [0, 0.1) is 0 Å². The van der Waals surface area contributed by atoms with Gasteiger partial charge < -0.3 is 11.1 Å². The molecule has 0 radical (unpaired) electrons. The molecule has 0 unspecified atom stereocenters. The van der Waals surface area contributed by atoms with Crippen LogP contribution in [0.2, 0.25) is 0 Å². The molecule has 0 saturated heterocycles. The van der Waals surface area contributed by atoms with Crippen molar-refractivity contribution in [3.8, 4) is 0 Å². The Bertz CT molecular complexity index is 434. The van der Waals surface area contributed by atoms with Crippen molar-refractivity contribution < 1.29 is 0 Å². The summed E-state index contributed by atoms with van der Waals surface area (Å²) < 4.78 is 0. The minimum Gasteiger partial charge on any atom is -0.329 e. The van der Waals surface area contributed by atoms with Crippen molar-refractivity contribution in [2.45, 2.75) is 6.54 Å². The fourth-order valence-corrected chi connectivity index (χ4v) is 1.64. The van der Waals surface area contributed by atoms with Gasteiger partial charge in [0.1, 0.15) is 0 Å². The first-order valence-electron chi connectivity index (χ1n) is 5.15. The summed E-state index contributed by atoms with van der Waals surface area (Å²) in [5.41, 5.74) is 7.72. The Balaban J connectivity index is 2.26. The van der Waals surface area contributed by atoms with E-state index in [2.05, 4.69) is 34.6 Å². The largest absolute Gasteiger partial charge is 0.329 e. The Morgan fingerprint density at radius 3 is 2.93 bits per heavy atom. The second-order valence-electron chi connectivity index (χ2n) is 3.46. The first kappa shape index (κ1) is 10.1. The van der Waals surface area contributed by atoms with Crippen LogP contribution in [0.5, 0.6) is 0 Å². The lowest BCUT2D eigenvalue weighted by molar-refractivity contribution is 0.697. The van der Waals surface area contributed by atoms with E-state index in [9.17, 15) is 0 Å². The highest BCUT2D eigenvalue weighted by Gasteiger charge is 1.99. The number of pyridine rings is 1. The van der Waals surface area contributed by atoms with Crippen LogP contribution >= 0.6 is 0 Å². The van der Waals surface area contributed by atoms with Crippen molar-refractivity contribution in [3.63, 3.8) is 0 Å². The monoisotopic (exact) mass is 201 g/mol. The first-order valence-corrected chi connectivity index (χ1v) is 5.15. The molecule has 1 heterocycles. The van der Waals surface area contributed by atoms with Gasteiger partial charge in [0, 0.05) is 31.2 Å². The topological polar surface area (TPSA) is 50.9 Å². The van der Waals surface area contributed by atoms with E-state index in [1.54, 1.807) is 0 Å². The molecular formula is C12H15N3. The van der Waals surface area contributed by atoms with Crippen molar-refractivity contribution in [2.75, 3.05) is 13.1 Å². The third-order valence-corrected chi connectivity index (χ3v) is 2.35. The Hall–Kier alpha value is -1.45. The van der Waals surface area contributed by atoms with E-state index in [4.69, 9.17) is 5.73 Å². The third kappa shape index (κ3) is 2.32. The molecule has 0 atom stereocenters. The summed E-state index contributed by atoms with van der Waals surface area (Å²) in [5, 5.41) is 4.46. The number of aromatic nitrogens is 1. The summed E-state index contributed by atoms with van der Waals surface area (Å²) in [5.74, 6) is 0. The van der Waals surface area contributed by atoms with Crippen LogP contribution in [0.4, 0.5) is 0 Å². The maximum absolute atomic E-state index is 5.43. The molecule has 0 spiro atoms. The zero-order chi connectivity index (χ0) is 10.5. The van der Waals surface area contributed by atoms with Crippen LogP contribution in [0.1, 0.15) is 5.56 Å². The van der Waals surface area contributed by atoms with E-state index < -0.39 is 0 Å². The van der Waals surface area contributed by atoms with Gasteiger partial charge >= 0.3 is 0 Å². The van der Waals surface area contributed by atoms with Gasteiger partial charge in [-0.25, -0.2) is 0 Å². The van der Waals surface area contributed by atoms with Crippen molar-refractivity contribution in [1.29, 1.82) is 0 Å². The molecule has 3 heteroatoms. The number of nitrogens with one attached hydrogen (secondary N) is 1. The molecule has 3 N–H and O–H groups in total. The van der Waals surface area contributed by atoms with Crippen molar-refractivity contribution in [1.82, 2.24) is 10.3 Å². The molecule has 3 nitrogen and oxygen atoms in total. The molecule has 2 rings (SSSR count). The van der Waals surface area contributed by atoms with Gasteiger partial charge in [0.05, 0.1) is 5.52 Å². The molecule has 78 valence electrons. The number of nitrogens with two attached hydrogens (primary N) is 1. The molecule has 1 aromatic heterocycles. The number of hydrogen-bond acceptors (Lipinski definition) is 3. The van der Waals surface area contributed by atoms with E-state index in [1.807, 2.05) is 12.3 Å². The lowest BCUT2D eigenvalue weighted by atomic mass is 10.1. The second-order valence-corrected chi connectivity index (χ2v) is 3.46. The van der Waals surface area contributed by atoms with E-state index in [0.717, 1.165) is 18.6 Å². The molecule has 0 aliphatic heterocycles. The summed E-state index contributed by atoms with van der Waals surface area (Å²) in [4.78, 5) is 4.39. The highest BCUT2D eigenvalue weighted by Crippen LogP contribution is 2.15. The van der Waals surface area contributed by atoms with Gasteiger partial charge in [-0.15, -0.1) is 0 Å². The number of nitrogens with zero attached hydrogens (tertiary/aromatic N) is 1. The van der Waals surface area contributed by atoms with Crippen molar-refractivity contribution in [2.24, 2.45) is 5.73 Å². The molecule has 0 fully saturated rings. The van der Waals surface area contributed by atoms with Crippen LogP contribution in [-0.4, -0.2) is 18.1 Å². The fraction of sp³-hybridized carbons (Fsp3) is 0.250. The predicted molar refractivity (Wildman–Crippen MR) is 62.5 cm³/mol. The Labute approximate surface area is 89.3 Å². The number of rotatable bonds is 4. The van der Waals surface area contributed by atoms with Crippen LogP contribution in [-0.2, 0) is 6.54 Å². The van der Waals surface area contributed by atoms with Gasteiger partial charge in [-0.3, -0.25) is 4.98 Å². The lowest BCUT2D eigenvalue weighted by Crippen LogP contribution is -2.22. The number of para-hydroxylation sites is 1. The molecule has 0 aliphatic carbocycles. The van der Waals surface area contributed by atoms with E-state index >= 15 is 0 Å². The van der Waals surface area contributed by atoms with Gasteiger partial charge in [0.15, 0.2) is 0 Å². The number of hydrogen-bond donors (Lipinski definition) is 2. The van der Waals surface area contributed by atoms with E-state index in [1.165, 1.54) is 10.9 Å². The average molecular weight is 201 g/mol. The molecule has 0 amide bonds. The maximum Gasteiger partial charge on any atom is 0.0746 e. The SMILES string of the molecule is NCCNCc1cccc2cccnc12. The lowest BCUT2D eigenvalue weighted by Gasteiger charge is -2.06. The summed E-state index contributed by atoms with van der Waals surface area (Å²) >= 11 is 0. The fourth-order valence-electron chi connectivity index (χ4n) is 1.64. The van der Waals surface area contributed by atoms with Crippen LogP contribution < -0.4 is 11.1 Å². The molecule has 0 saturated carbocycles. The van der Waals surface area contributed by atoms with Gasteiger partial charge in [-0.1, -0.05) is 24.3 Å².